The van der Waals surface area contributed by atoms with Gasteiger partial charge >= 0.3 is 0 Å². The van der Waals surface area contributed by atoms with E-state index in [1.807, 2.05) is 0 Å². The van der Waals surface area contributed by atoms with Gasteiger partial charge in [0.2, 0.25) is 11.8 Å². The fourth-order valence-electron chi connectivity index (χ4n) is 5.46. The van der Waals surface area contributed by atoms with E-state index in [0.29, 0.717) is 11.8 Å². The Labute approximate surface area is 130 Å². The normalized spacial score (nSPS) is 40.4. The summed E-state index contributed by atoms with van der Waals surface area (Å²) >= 11 is 0. The summed E-state index contributed by atoms with van der Waals surface area (Å²) in [6.45, 7) is 0. The van der Waals surface area contributed by atoms with Crippen LogP contribution in [0.4, 0.5) is 18.9 Å². The van der Waals surface area contributed by atoms with E-state index >= 15 is 0 Å². The molecular weight excluding hydrogens is 307 g/mol. The second-order valence-corrected chi connectivity index (χ2v) is 7.23. The highest BCUT2D eigenvalue weighted by Gasteiger charge is 2.68. The van der Waals surface area contributed by atoms with E-state index in [0.717, 1.165) is 36.3 Å². The lowest BCUT2D eigenvalue weighted by molar-refractivity contribution is -0.129. The molecule has 5 aliphatic rings. The summed E-state index contributed by atoms with van der Waals surface area (Å²) in [7, 11) is 0. The number of benzene rings is 1. The van der Waals surface area contributed by atoms with Gasteiger partial charge in [-0.15, -0.1) is 0 Å². The molecule has 120 valence electrons. The van der Waals surface area contributed by atoms with Crippen molar-refractivity contribution in [1.29, 1.82) is 0 Å². The van der Waals surface area contributed by atoms with E-state index in [1.165, 1.54) is 0 Å². The summed E-state index contributed by atoms with van der Waals surface area (Å²) in [6, 6.07) is 1.73. The minimum Gasteiger partial charge on any atom is -0.274 e. The predicted octanol–water partition coefficient (Wildman–Crippen LogP) is 2.89. The molecule has 2 bridgehead atoms. The highest BCUT2D eigenvalue weighted by molar-refractivity contribution is 6.22. The number of hydrogen-bond acceptors (Lipinski definition) is 2. The first-order valence-corrected chi connectivity index (χ1v) is 8.02. The number of amides is 2. The molecule has 2 amide bonds. The van der Waals surface area contributed by atoms with Gasteiger partial charge in [0.05, 0.1) is 17.5 Å². The summed E-state index contributed by atoms with van der Waals surface area (Å²) in [5, 5.41) is 0. The predicted molar refractivity (Wildman–Crippen MR) is 73.6 cm³/mol. The Kier molecular flexibility index (Phi) is 2.46. The number of halogens is 3. The molecule has 1 aromatic carbocycles. The summed E-state index contributed by atoms with van der Waals surface area (Å²) in [5.74, 6) is -4.74. The van der Waals surface area contributed by atoms with Gasteiger partial charge in [-0.1, -0.05) is 0 Å². The van der Waals surface area contributed by atoms with Crippen LogP contribution in [0.3, 0.4) is 0 Å². The minimum atomic E-state index is -1.65. The van der Waals surface area contributed by atoms with E-state index in [9.17, 15) is 22.8 Å². The number of rotatable bonds is 1. The lowest BCUT2D eigenvalue weighted by Gasteiger charge is -2.42. The third kappa shape index (κ3) is 1.52. The summed E-state index contributed by atoms with van der Waals surface area (Å²) in [6.07, 6.45) is 2.95. The van der Waals surface area contributed by atoms with Gasteiger partial charge in [-0.25, -0.2) is 18.1 Å². The Morgan fingerprint density at radius 1 is 0.826 bits per heavy atom. The lowest BCUT2D eigenvalue weighted by Crippen LogP contribution is -2.43. The Balaban J connectivity index is 1.60. The number of imide groups is 1. The smallest absolute Gasteiger partial charge is 0.238 e. The second-order valence-electron chi connectivity index (χ2n) is 7.23. The minimum absolute atomic E-state index is 0.185. The van der Waals surface area contributed by atoms with E-state index in [-0.39, 0.29) is 11.8 Å². The molecular formula is C17H14F3NO2. The zero-order valence-corrected chi connectivity index (χ0v) is 12.1. The van der Waals surface area contributed by atoms with Gasteiger partial charge in [0.15, 0.2) is 17.5 Å². The fraction of sp³-hybridized carbons (Fsp3) is 0.529. The first-order valence-electron chi connectivity index (χ1n) is 8.02. The van der Waals surface area contributed by atoms with Crippen molar-refractivity contribution in [1.82, 2.24) is 0 Å². The number of fused-ring (bicyclic) bond motifs is 1. The van der Waals surface area contributed by atoms with Crippen molar-refractivity contribution < 1.29 is 22.8 Å². The maximum absolute atomic E-state index is 14.1. The monoisotopic (exact) mass is 321 g/mol. The van der Waals surface area contributed by atoms with Crippen LogP contribution in [-0.4, -0.2) is 11.8 Å². The van der Waals surface area contributed by atoms with Crippen molar-refractivity contribution in [2.75, 3.05) is 4.90 Å². The van der Waals surface area contributed by atoms with Crippen LogP contribution in [0, 0.1) is 53.0 Å². The van der Waals surface area contributed by atoms with Crippen LogP contribution in [0.2, 0.25) is 0 Å². The summed E-state index contributed by atoms with van der Waals surface area (Å²) in [5.41, 5.74) is -0.457. The third-order valence-electron chi connectivity index (χ3n) is 6.40. The van der Waals surface area contributed by atoms with E-state index in [4.69, 9.17) is 0 Å². The molecule has 1 saturated heterocycles. The molecule has 3 nitrogen and oxygen atoms in total. The van der Waals surface area contributed by atoms with Crippen LogP contribution in [0.15, 0.2) is 12.1 Å². The van der Waals surface area contributed by atoms with Crippen molar-refractivity contribution in [3.63, 3.8) is 0 Å². The maximum atomic E-state index is 14.1. The van der Waals surface area contributed by atoms with Gasteiger partial charge in [-0.2, -0.15) is 0 Å². The largest absolute Gasteiger partial charge is 0.274 e. The fourth-order valence-corrected chi connectivity index (χ4v) is 5.46. The molecule has 0 spiro atoms. The van der Waals surface area contributed by atoms with Gasteiger partial charge in [0, 0.05) is 0 Å². The molecule has 4 saturated carbocycles. The maximum Gasteiger partial charge on any atom is 0.238 e. The van der Waals surface area contributed by atoms with E-state index in [1.54, 1.807) is 0 Å². The molecule has 23 heavy (non-hydrogen) atoms. The van der Waals surface area contributed by atoms with Crippen molar-refractivity contribution in [3.05, 3.63) is 29.6 Å². The average Bonchev–Trinajstić information content (AvgIpc) is 3.32. The zero-order chi connectivity index (χ0) is 16.0. The van der Waals surface area contributed by atoms with Crippen LogP contribution >= 0.6 is 0 Å². The van der Waals surface area contributed by atoms with Gasteiger partial charge in [0.1, 0.15) is 0 Å². The molecule has 4 aliphatic carbocycles. The third-order valence-corrected chi connectivity index (χ3v) is 6.40. The summed E-state index contributed by atoms with van der Waals surface area (Å²) < 4.78 is 40.7. The SMILES string of the molecule is O=C1[C@@H]2[C@@H]3CC[C@@H]([C@@H]4C[C@@H]43)[C@@H]2C(=O)N1c1ccc(F)c(F)c1F. The molecule has 0 unspecified atom stereocenters. The van der Waals surface area contributed by atoms with Crippen LogP contribution < -0.4 is 4.90 Å². The van der Waals surface area contributed by atoms with E-state index < -0.39 is 46.8 Å². The molecule has 0 aromatic heterocycles. The van der Waals surface area contributed by atoms with Gasteiger partial charge in [-0.3, -0.25) is 9.59 Å². The molecule has 6 rings (SSSR count). The quantitative estimate of drug-likeness (QED) is 0.589. The van der Waals surface area contributed by atoms with Crippen molar-refractivity contribution in [2.45, 2.75) is 19.3 Å². The van der Waals surface area contributed by atoms with Gasteiger partial charge < -0.3 is 0 Å². The first-order chi connectivity index (χ1) is 11.0. The van der Waals surface area contributed by atoms with Crippen molar-refractivity contribution in [3.8, 4) is 0 Å². The van der Waals surface area contributed by atoms with E-state index in [2.05, 4.69) is 0 Å². The Bertz CT molecular complexity index is 730. The van der Waals surface area contributed by atoms with Crippen LogP contribution in [-0.2, 0) is 9.59 Å². The second kappa shape index (κ2) is 4.16. The van der Waals surface area contributed by atoms with Gasteiger partial charge in [0.25, 0.3) is 0 Å². The average molecular weight is 321 g/mol. The Hall–Kier alpha value is -1.85. The topological polar surface area (TPSA) is 37.4 Å². The number of carbonyl (C=O) groups excluding carboxylic acids is 2. The molecule has 0 N–H and O–H groups in total. The first kappa shape index (κ1) is 13.6. The molecule has 6 heteroatoms. The standard InChI is InChI=1S/C17H14F3NO2/c18-10-3-4-11(15(20)14(10)19)21-16(22)12-6-1-2-7(9-5-8(6)9)13(12)17(21)23/h3-4,6-9,12-13H,1-2,5H2/t6-,7+,8-,9+,12-,13+. The molecule has 1 aliphatic heterocycles. The number of nitrogens with zero attached hydrogens (tertiary/aromatic N) is 1. The number of carbonyl (C=O) groups is 2. The number of anilines is 1. The zero-order valence-electron chi connectivity index (χ0n) is 12.1. The highest BCUT2D eigenvalue weighted by Crippen LogP contribution is 2.68. The summed E-state index contributed by atoms with van der Waals surface area (Å²) in [4.78, 5) is 26.3. The number of hydrogen-bond donors (Lipinski definition) is 0. The molecule has 1 heterocycles. The molecule has 6 atom stereocenters. The van der Waals surface area contributed by atoms with Crippen LogP contribution in [0.25, 0.3) is 0 Å². The van der Waals surface area contributed by atoms with Crippen LogP contribution in [0.1, 0.15) is 19.3 Å². The van der Waals surface area contributed by atoms with Crippen molar-refractivity contribution >= 4 is 17.5 Å². The lowest BCUT2D eigenvalue weighted by atomic mass is 9.59. The molecule has 1 aromatic rings. The Morgan fingerprint density at radius 3 is 1.96 bits per heavy atom. The highest BCUT2D eigenvalue weighted by atomic mass is 19.2. The van der Waals surface area contributed by atoms with Crippen molar-refractivity contribution in [2.24, 2.45) is 35.5 Å². The Morgan fingerprint density at radius 2 is 1.39 bits per heavy atom. The molecule has 0 radical (unpaired) electrons. The van der Waals surface area contributed by atoms with Gasteiger partial charge in [-0.05, 0) is 55.1 Å². The van der Waals surface area contributed by atoms with Crippen LogP contribution in [0.5, 0.6) is 0 Å². The molecule has 5 fully saturated rings.